The Bertz CT molecular complexity index is 551. The van der Waals surface area contributed by atoms with Gasteiger partial charge in [0.15, 0.2) is 0 Å². The number of aryl methyl sites for hydroxylation is 1. The molecule has 0 spiro atoms. The highest BCUT2D eigenvalue weighted by atomic mass is 16.5. The standard InChI is InChI=1S/C15H23N3O3/c1-10-7-5-6-8-17(10)13(19)9-18-12(3)14(11(2)16-18)15(20)21-4/h10H,5-9H2,1-4H3/t10-/m1/s1. The second kappa shape index (κ2) is 6.28. The van der Waals surface area contributed by atoms with Gasteiger partial charge >= 0.3 is 5.97 Å². The molecule has 116 valence electrons. The average molecular weight is 293 g/mol. The molecule has 21 heavy (non-hydrogen) atoms. The van der Waals surface area contributed by atoms with Crippen molar-refractivity contribution in [1.82, 2.24) is 14.7 Å². The third-order valence-electron chi connectivity index (χ3n) is 4.18. The lowest BCUT2D eigenvalue weighted by atomic mass is 10.0. The van der Waals surface area contributed by atoms with Crippen molar-refractivity contribution in [2.24, 2.45) is 0 Å². The zero-order valence-corrected chi connectivity index (χ0v) is 13.2. The predicted molar refractivity (Wildman–Crippen MR) is 78.1 cm³/mol. The first-order valence-electron chi connectivity index (χ1n) is 7.37. The van der Waals surface area contributed by atoms with Crippen molar-refractivity contribution in [3.63, 3.8) is 0 Å². The molecule has 0 saturated carbocycles. The summed E-state index contributed by atoms with van der Waals surface area (Å²) in [5.74, 6) is -0.348. The van der Waals surface area contributed by atoms with E-state index in [4.69, 9.17) is 4.74 Å². The van der Waals surface area contributed by atoms with Gasteiger partial charge in [0.2, 0.25) is 5.91 Å². The molecule has 1 amide bonds. The molecule has 2 rings (SSSR count). The molecular formula is C15H23N3O3. The van der Waals surface area contributed by atoms with Crippen LogP contribution in [0.4, 0.5) is 0 Å². The van der Waals surface area contributed by atoms with Crippen LogP contribution in [0.1, 0.15) is 47.9 Å². The van der Waals surface area contributed by atoms with Crippen molar-refractivity contribution in [3.05, 3.63) is 17.0 Å². The molecule has 0 radical (unpaired) electrons. The molecule has 1 saturated heterocycles. The summed E-state index contributed by atoms with van der Waals surface area (Å²) in [6.45, 7) is 6.61. The highest BCUT2D eigenvalue weighted by molar-refractivity contribution is 5.91. The van der Waals surface area contributed by atoms with Gasteiger partial charge in [0.05, 0.1) is 18.5 Å². The van der Waals surface area contributed by atoms with Crippen molar-refractivity contribution in [2.75, 3.05) is 13.7 Å². The Hall–Kier alpha value is -1.85. The SMILES string of the molecule is COC(=O)c1c(C)nn(CC(=O)N2CCCC[C@H]2C)c1C. The second-order valence-electron chi connectivity index (χ2n) is 5.63. The Labute approximate surface area is 125 Å². The lowest BCUT2D eigenvalue weighted by molar-refractivity contribution is -0.135. The summed E-state index contributed by atoms with van der Waals surface area (Å²) in [6.07, 6.45) is 3.29. The number of piperidine rings is 1. The summed E-state index contributed by atoms with van der Waals surface area (Å²) >= 11 is 0. The van der Waals surface area contributed by atoms with Gasteiger partial charge in [0.25, 0.3) is 0 Å². The van der Waals surface area contributed by atoms with Gasteiger partial charge in [-0.3, -0.25) is 9.48 Å². The first kappa shape index (κ1) is 15.5. The van der Waals surface area contributed by atoms with Crippen molar-refractivity contribution in [1.29, 1.82) is 0 Å². The van der Waals surface area contributed by atoms with Gasteiger partial charge in [-0.25, -0.2) is 4.79 Å². The fourth-order valence-electron chi connectivity index (χ4n) is 2.94. The number of methoxy groups -OCH3 is 1. The van der Waals surface area contributed by atoms with Gasteiger partial charge < -0.3 is 9.64 Å². The molecule has 0 aromatic carbocycles. The number of carbonyl (C=O) groups excluding carboxylic acids is 2. The highest BCUT2D eigenvalue weighted by Gasteiger charge is 2.25. The van der Waals surface area contributed by atoms with Gasteiger partial charge in [-0.1, -0.05) is 0 Å². The van der Waals surface area contributed by atoms with Crippen LogP contribution < -0.4 is 0 Å². The Balaban J connectivity index is 2.16. The smallest absolute Gasteiger partial charge is 0.341 e. The molecule has 6 nitrogen and oxygen atoms in total. The van der Waals surface area contributed by atoms with E-state index in [2.05, 4.69) is 12.0 Å². The van der Waals surface area contributed by atoms with E-state index in [1.165, 1.54) is 13.5 Å². The summed E-state index contributed by atoms with van der Waals surface area (Å²) in [7, 11) is 1.35. The Morgan fingerprint density at radius 1 is 1.33 bits per heavy atom. The summed E-state index contributed by atoms with van der Waals surface area (Å²) in [5.41, 5.74) is 1.73. The number of hydrogen-bond donors (Lipinski definition) is 0. The third-order valence-corrected chi connectivity index (χ3v) is 4.18. The minimum absolute atomic E-state index is 0.0595. The number of rotatable bonds is 3. The van der Waals surface area contributed by atoms with E-state index in [0.717, 1.165) is 19.4 Å². The van der Waals surface area contributed by atoms with Crippen LogP contribution in [0, 0.1) is 13.8 Å². The molecule has 1 aromatic rings. The van der Waals surface area contributed by atoms with Crippen LogP contribution in [0.3, 0.4) is 0 Å². The number of nitrogens with zero attached hydrogens (tertiary/aromatic N) is 3. The second-order valence-corrected chi connectivity index (χ2v) is 5.63. The fourth-order valence-corrected chi connectivity index (χ4v) is 2.94. The van der Waals surface area contributed by atoms with Crippen LogP contribution in [-0.4, -0.2) is 46.3 Å². The molecule has 0 aliphatic carbocycles. The van der Waals surface area contributed by atoms with Crippen molar-refractivity contribution in [2.45, 2.75) is 52.6 Å². The molecule has 1 aliphatic heterocycles. The summed E-state index contributed by atoms with van der Waals surface area (Å²) in [4.78, 5) is 26.1. The average Bonchev–Trinajstić information content (AvgIpc) is 2.73. The van der Waals surface area contributed by atoms with Crippen molar-refractivity contribution in [3.8, 4) is 0 Å². The van der Waals surface area contributed by atoms with Gasteiger partial charge in [0.1, 0.15) is 12.1 Å². The highest BCUT2D eigenvalue weighted by Crippen LogP contribution is 2.18. The summed E-state index contributed by atoms with van der Waals surface area (Å²) in [5, 5.41) is 4.31. The quantitative estimate of drug-likeness (QED) is 0.796. The Kier molecular flexibility index (Phi) is 4.65. The number of hydrogen-bond acceptors (Lipinski definition) is 4. The van der Waals surface area contributed by atoms with E-state index in [0.29, 0.717) is 17.0 Å². The van der Waals surface area contributed by atoms with Gasteiger partial charge in [0, 0.05) is 12.6 Å². The topological polar surface area (TPSA) is 64.4 Å². The number of amides is 1. The zero-order valence-electron chi connectivity index (χ0n) is 13.2. The molecule has 2 heterocycles. The van der Waals surface area contributed by atoms with Crippen molar-refractivity contribution >= 4 is 11.9 Å². The van der Waals surface area contributed by atoms with Crippen LogP contribution in [-0.2, 0) is 16.1 Å². The maximum absolute atomic E-state index is 12.4. The normalized spacial score (nSPS) is 18.7. The lowest BCUT2D eigenvalue weighted by Gasteiger charge is -2.33. The molecule has 1 atom stereocenters. The molecule has 1 aromatic heterocycles. The Morgan fingerprint density at radius 3 is 2.67 bits per heavy atom. The minimum atomic E-state index is -0.407. The summed E-state index contributed by atoms with van der Waals surface area (Å²) in [6, 6.07) is 0.281. The van der Waals surface area contributed by atoms with E-state index in [1.807, 2.05) is 4.90 Å². The van der Waals surface area contributed by atoms with Gasteiger partial charge in [-0.05, 0) is 40.0 Å². The third kappa shape index (κ3) is 3.09. The number of aromatic nitrogens is 2. The van der Waals surface area contributed by atoms with Crippen molar-refractivity contribution < 1.29 is 14.3 Å². The molecule has 0 N–H and O–H groups in total. The molecular weight excluding hydrogens is 270 g/mol. The first-order chi connectivity index (χ1) is 9.95. The predicted octanol–water partition coefficient (Wildman–Crippen LogP) is 1.69. The van der Waals surface area contributed by atoms with Gasteiger partial charge in [-0.2, -0.15) is 5.10 Å². The number of ether oxygens (including phenoxy) is 1. The fraction of sp³-hybridized carbons (Fsp3) is 0.667. The number of carbonyl (C=O) groups is 2. The minimum Gasteiger partial charge on any atom is -0.465 e. The molecule has 6 heteroatoms. The maximum atomic E-state index is 12.4. The van der Waals surface area contributed by atoms with Crippen LogP contribution in [0.2, 0.25) is 0 Å². The zero-order chi connectivity index (χ0) is 15.6. The van der Waals surface area contributed by atoms with Crippen LogP contribution in [0.25, 0.3) is 0 Å². The Morgan fingerprint density at radius 2 is 2.05 bits per heavy atom. The monoisotopic (exact) mass is 293 g/mol. The maximum Gasteiger partial charge on any atom is 0.341 e. The van der Waals surface area contributed by atoms with E-state index in [-0.39, 0.29) is 18.5 Å². The summed E-state index contributed by atoms with van der Waals surface area (Å²) < 4.78 is 6.36. The van der Waals surface area contributed by atoms with E-state index < -0.39 is 5.97 Å². The molecule has 0 bridgehead atoms. The van der Waals surface area contributed by atoms with E-state index >= 15 is 0 Å². The first-order valence-corrected chi connectivity index (χ1v) is 7.37. The molecule has 0 unspecified atom stereocenters. The van der Waals surface area contributed by atoms with Crippen LogP contribution in [0.5, 0.6) is 0 Å². The van der Waals surface area contributed by atoms with E-state index in [9.17, 15) is 9.59 Å². The van der Waals surface area contributed by atoms with Crippen LogP contribution in [0.15, 0.2) is 0 Å². The molecule has 1 aliphatic rings. The number of esters is 1. The van der Waals surface area contributed by atoms with Gasteiger partial charge in [-0.15, -0.1) is 0 Å². The van der Waals surface area contributed by atoms with E-state index in [1.54, 1.807) is 18.5 Å². The molecule has 1 fully saturated rings. The van der Waals surface area contributed by atoms with Crippen LogP contribution >= 0.6 is 0 Å². The lowest BCUT2D eigenvalue weighted by Crippen LogP contribution is -2.43. The largest absolute Gasteiger partial charge is 0.465 e. The number of likely N-dealkylation sites (tertiary alicyclic amines) is 1.